The van der Waals surface area contributed by atoms with Gasteiger partial charge in [-0.2, -0.15) is 13.2 Å². The first-order chi connectivity index (χ1) is 9.18. The zero-order chi connectivity index (χ0) is 15.0. The van der Waals surface area contributed by atoms with Gasteiger partial charge in [0.2, 0.25) is 0 Å². The molecule has 1 aromatic carbocycles. The van der Waals surface area contributed by atoms with Crippen LogP contribution >= 0.6 is 0 Å². The topological polar surface area (TPSA) is 12.0 Å². The molecule has 2 unspecified atom stereocenters. The molecule has 1 heterocycles. The molecule has 20 heavy (non-hydrogen) atoms. The molecule has 1 saturated heterocycles. The molecule has 2 rings (SSSR count). The average molecular weight is 285 g/mol. The van der Waals surface area contributed by atoms with Crippen LogP contribution in [-0.2, 0) is 5.41 Å². The monoisotopic (exact) mass is 285 g/mol. The minimum atomic E-state index is -4.08. The maximum Gasteiger partial charge on any atom is 0.393 e. The Hall–Kier alpha value is -1.03. The fourth-order valence-electron chi connectivity index (χ4n) is 2.64. The summed E-state index contributed by atoms with van der Waals surface area (Å²) in [5.41, 5.74) is 2.42. The Balaban J connectivity index is 2.01. The van der Waals surface area contributed by atoms with Crippen molar-refractivity contribution < 1.29 is 13.2 Å². The van der Waals surface area contributed by atoms with E-state index in [9.17, 15) is 13.2 Å². The second-order valence-electron chi connectivity index (χ2n) is 6.65. The quantitative estimate of drug-likeness (QED) is 0.796. The number of hydrogen-bond acceptors (Lipinski definition) is 1. The highest BCUT2D eigenvalue weighted by molar-refractivity contribution is 5.29. The van der Waals surface area contributed by atoms with Crippen molar-refractivity contribution in [3.8, 4) is 0 Å². The van der Waals surface area contributed by atoms with Crippen LogP contribution < -0.4 is 5.32 Å². The van der Waals surface area contributed by atoms with Crippen LogP contribution in [0.2, 0.25) is 0 Å². The van der Waals surface area contributed by atoms with Gasteiger partial charge in [0.1, 0.15) is 0 Å². The normalized spacial score (nSPS) is 24.7. The molecule has 2 atom stereocenters. The molecular formula is C16H22F3N. The van der Waals surface area contributed by atoms with Crippen molar-refractivity contribution in [3.05, 3.63) is 35.4 Å². The molecule has 1 aliphatic rings. The summed E-state index contributed by atoms with van der Waals surface area (Å²) < 4.78 is 37.8. The third-order valence-corrected chi connectivity index (χ3v) is 4.06. The van der Waals surface area contributed by atoms with E-state index >= 15 is 0 Å². The second-order valence-corrected chi connectivity index (χ2v) is 6.65. The van der Waals surface area contributed by atoms with Gasteiger partial charge in [-0.1, -0.05) is 45.0 Å². The van der Waals surface area contributed by atoms with Crippen LogP contribution in [0, 0.1) is 5.92 Å². The van der Waals surface area contributed by atoms with E-state index < -0.39 is 12.1 Å². The predicted molar refractivity (Wildman–Crippen MR) is 74.7 cm³/mol. The average Bonchev–Trinajstić information content (AvgIpc) is 2.37. The van der Waals surface area contributed by atoms with E-state index in [1.807, 2.05) is 12.1 Å². The molecule has 0 amide bonds. The lowest BCUT2D eigenvalue weighted by molar-refractivity contribution is -0.179. The van der Waals surface area contributed by atoms with Gasteiger partial charge in [0, 0.05) is 12.6 Å². The third-order valence-electron chi connectivity index (χ3n) is 4.06. The van der Waals surface area contributed by atoms with Crippen molar-refractivity contribution in [2.45, 2.75) is 51.2 Å². The summed E-state index contributed by atoms with van der Waals surface area (Å²) in [4.78, 5) is 0. The maximum absolute atomic E-state index is 12.6. The van der Waals surface area contributed by atoms with Crippen molar-refractivity contribution in [3.63, 3.8) is 0 Å². The van der Waals surface area contributed by atoms with E-state index in [0.717, 1.165) is 5.56 Å². The van der Waals surface area contributed by atoms with Crippen LogP contribution in [0.15, 0.2) is 24.3 Å². The van der Waals surface area contributed by atoms with E-state index in [1.165, 1.54) is 5.56 Å². The first kappa shape index (κ1) is 15.4. The van der Waals surface area contributed by atoms with Crippen LogP contribution in [0.4, 0.5) is 13.2 Å². The Morgan fingerprint density at radius 2 is 1.60 bits per heavy atom. The fourth-order valence-corrected chi connectivity index (χ4v) is 2.64. The smallest absolute Gasteiger partial charge is 0.309 e. The Bertz CT molecular complexity index is 434. The maximum atomic E-state index is 12.6. The molecule has 1 nitrogen and oxygen atoms in total. The number of nitrogens with one attached hydrogen (secondary N) is 1. The SMILES string of the molecule is CC(C)(C)c1ccc(C2CCC(C(F)(F)F)CN2)cc1. The molecule has 0 spiro atoms. The molecule has 1 aromatic rings. The molecule has 0 radical (unpaired) electrons. The lowest BCUT2D eigenvalue weighted by atomic mass is 9.85. The largest absolute Gasteiger partial charge is 0.393 e. The number of alkyl halides is 3. The zero-order valence-corrected chi connectivity index (χ0v) is 12.2. The van der Waals surface area contributed by atoms with E-state index in [1.54, 1.807) is 0 Å². The molecule has 0 aliphatic carbocycles. The van der Waals surface area contributed by atoms with Crippen molar-refractivity contribution in [1.82, 2.24) is 5.32 Å². The zero-order valence-electron chi connectivity index (χ0n) is 12.2. The molecule has 1 aliphatic heterocycles. The molecule has 1 fully saturated rings. The number of benzene rings is 1. The summed E-state index contributed by atoms with van der Waals surface area (Å²) in [6, 6.07) is 8.26. The van der Waals surface area contributed by atoms with E-state index in [4.69, 9.17) is 0 Å². The summed E-state index contributed by atoms with van der Waals surface area (Å²) in [5, 5.41) is 3.03. The Morgan fingerprint density at radius 3 is 2.00 bits per heavy atom. The van der Waals surface area contributed by atoms with Gasteiger partial charge in [-0.05, 0) is 29.4 Å². The first-order valence-electron chi connectivity index (χ1n) is 7.08. The third kappa shape index (κ3) is 3.54. The van der Waals surface area contributed by atoms with Gasteiger partial charge in [-0.25, -0.2) is 0 Å². The second kappa shape index (κ2) is 5.40. The lowest BCUT2D eigenvalue weighted by Crippen LogP contribution is -2.40. The Kier molecular flexibility index (Phi) is 4.14. The van der Waals surface area contributed by atoms with Crippen molar-refractivity contribution in [2.24, 2.45) is 5.92 Å². The molecule has 4 heteroatoms. The minimum absolute atomic E-state index is 0.0230. The van der Waals surface area contributed by atoms with Gasteiger partial charge in [0.15, 0.2) is 0 Å². The Morgan fingerprint density at radius 1 is 1.00 bits per heavy atom. The minimum Gasteiger partial charge on any atom is -0.309 e. The highest BCUT2D eigenvalue weighted by atomic mass is 19.4. The number of rotatable bonds is 1. The van der Waals surface area contributed by atoms with Gasteiger partial charge in [-0.15, -0.1) is 0 Å². The van der Waals surface area contributed by atoms with Crippen LogP contribution in [0.3, 0.4) is 0 Å². The van der Waals surface area contributed by atoms with E-state index in [0.29, 0.717) is 6.42 Å². The van der Waals surface area contributed by atoms with E-state index in [2.05, 4.69) is 38.2 Å². The van der Waals surface area contributed by atoms with Crippen LogP contribution in [0.1, 0.15) is 50.8 Å². The van der Waals surface area contributed by atoms with Gasteiger partial charge in [0.05, 0.1) is 5.92 Å². The van der Waals surface area contributed by atoms with E-state index in [-0.39, 0.29) is 24.4 Å². The Labute approximate surface area is 118 Å². The highest BCUT2D eigenvalue weighted by Gasteiger charge is 2.41. The first-order valence-corrected chi connectivity index (χ1v) is 7.08. The number of hydrogen-bond donors (Lipinski definition) is 1. The van der Waals surface area contributed by atoms with Crippen LogP contribution in [0.25, 0.3) is 0 Å². The molecular weight excluding hydrogens is 263 g/mol. The summed E-state index contributed by atoms with van der Waals surface area (Å²) in [6.45, 7) is 6.47. The number of halogens is 3. The lowest BCUT2D eigenvalue weighted by Gasteiger charge is -2.31. The standard InChI is InChI=1S/C16H22F3N/c1-15(2,3)12-6-4-11(5-7-12)14-9-8-13(10-20-14)16(17,18)19/h4-7,13-14,20H,8-10H2,1-3H3. The van der Waals surface area contributed by atoms with Crippen molar-refractivity contribution in [1.29, 1.82) is 0 Å². The van der Waals surface area contributed by atoms with Crippen LogP contribution in [0.5, 0.6) is 0 Å². The van der Waals surface area contributed by atoms with Gasteiger partial charge in [0.25, 0.3) is 0 Å². The molecule has 1 N–H and O–H groups in total. The summed E-state index contributed by atoms with van der Waals surface area (Å²) in [6.07, 6.45) is -3.32. The van der Waals surface area contributed by atoms with Gasteiger partial charge < -0.3 is 5.32 Å². The molecule has 112 valence electrons. The number of piperidine rings is 1. The summed E-state index contributed by atoms with van der Waals surface area (Å²) in [5.74, 6) is -1.20. The van der Waals surface area contributed by atoms with Gasteiger partial charge >= 0.3 is 6.18 Å². The summed E-state index contributed by atoms with van der Waals surface area (Å²) >= 11 is 0. The van der Waals surface area contributed by atoms with Gasteiger partial charge in [-0.3, -0.25) is 0 Å². The van der Waals surface area contributed by atoms with Crippen molar-refractivity contribution >= 4 is 0 Å². The molecule has 0 saturated carbocycles. The fraction of sp³-hybridized carbons (Fsp3) is 0.625. The van der Waals surface area contributed by atoms with Crippen LogP contribution in [-0.4, -0.2) is 12.7 Å². The molecule has 0 aromatic heterocycles. The predicted octanol–water partition coefficient (Wildman–Crippen LogP) is 4.59. The highest BCUT2D eigenvalue weighted by Crippen LogP contribution is 2.35. The molecule has 0 bridgehead atoms. The van der Waals surface area contributed by atoms with Crippen molar-refractivity contribution in [2.75, 3.05) is 6.54 Å². The summed E-state index contributed by atoms with van der Waals surface area (Å²) in [7, 11) is 0.